The number of rotatable bonds is 5. The Bertz CT molecular complexity index is 298. The summed E-state index contributed by atoms with van der Waals surface area (Å²) >= 11 is 0. The summed E-state index contributed by atoms with van der Waals surface area (Å²) in [5, 5.41) is 4.17. The molecule has 0 spiro atoms. The van der Waals surface area contributed by atoms with Crippen molar-refractivity contribution in [2.45, 2.75) is 33.7 Å². The second-order valence-electron chi connectivity index (χ2n) is 3.53. The van der Waals surface area contributed by atoms with Gasteiger partial charge in [0.15, 0.2) is 5.75 Å². The summed E-state index contributed by atoms with van der Waals surface area (Å²) < 4.78 is 7.38. The van der Waals surface area contributed by atoms with Crippen molar-refractivity contribution in [3.63, 3.8) is 0 Å². The van der Waals surface area contributed by atoms with E-state index in [-0.39, 0.29) is 0 Å². The monoisotopic (exact) mass is 194 g/mol. The number of ether oxygens (including phenoxy) is 1. The molecule has 0 aliphatic carbocycles. The molecule has 0 aliphatic rings. The van der Waals surface area contributed by atoms with E-state index in [1.165, 1.54) is 5.57 Å². The van der Waals surface area contributed by atoms with Crippen molar-refractivity contribution in [2.24, 2.45) is 0 Å². The van der Waals surface area contributed by atoms with Crippen LogP contribution >= 0.6 is 0 Å². The van der Waals surface area contributed by atoms with Crippen LogP contribution in [-0.4, -0.2) is 16.4 Å². The van der Waals surface area contributed by atoms with Crippen molar-refractivity contribution in [2.75, 3.05) is 6.61 Å². The lowest BCUT2D eigenvalue weighted by Gasteiger charge is -1.98. The normalized spacial score (nSPS) is 9.93. The maximum atomic E-state index is 5.48. The topological polar surface area (TPSA) is 27.1 Å². The second kappa shape index (κ2) is 5.47. The highest BCUT2D eigenvalue weighted by Crippen LogP contribution is 2.08. The molecule has 0 radical (unpaired) electrons. The molecule has 0 fully saturated rings. The van der Waals surface area contributed by atoms with Crippen LogP contribution in [0.3, 0.4) is 0 Å². The molecule has 0 N–H and O–H groups in total. The first-order valence-electron chi connectivity index (χ1n) is 5.01. The summed E-state index contributed by atoms with van der Waals surface area (Å²) in [7, 11) is 0. The van der Waals surface area contributed by atoms with Gasteiger partial charge in [-0.15, -0.1) is 0 Å². The molecule has 0 amide bonds. The third-order valence-corrected chi connectivity index (χ3v) is 1.80. The van der Waals surface area contributed by atoms with E-state index < -0.39 is 0 Å². The van der Waals surface area contributed by atoms with Gasteiger partial charge < -0.3 is 4.74 Å². The molecule has 14 heavy (non-hydrogen) atoms. The Kier molecular flexibility index (Phi) is 4.23. The van der Waals surface area contributed by atoms with Crippen LogP contribution in [0.4, 0.5) is 0 Å². The van der Waals surface area contributed by atoms with Gasteiger partial charge in [-0.25, -0.2) is 0 Å². The van der Waals surface area contributed by atoms with Gasteiger partial charge in [0.05, 0.1) is 12.4 Å². The van der Waals surface area contributed by atoms with Crippen LogP contribution in [0.5, 0.6) is 5.75 Å². The van der Waals surface area contributed by atoms with Gasteiger partial charge in [0.1, 0.15) is 6.61 Å². The maximum absolute atomic E-state index is 5.48. The van der Waals surface area contributed by atoms with E-state index in [9.17, 15) is 0 Å². The van der Waals surface area contributed by atoms with Gasteiger partial charge in [-0.1, -0.05) is 12.5 Å². The Balaban J connectivity index is 2.39. The van der Waals surface area contributed by atoms with Crippen molar-refractivity contribution in [1.82, 2.24) is 9.78 Å². The summed E-state index contributed by atoms with van der Waals surface area (Å²) in [5.74, 6) is 0.843. The molecule has 0 atom stereocenters. The first kappa shape index (κ1) is 10.8. The minimum absolute atomic E-state index is 0.625. The number of allylic oxidation sites excluding steroid dienone is 1. The number of hydrogen-bond donors (Lipinski definition) is 0. The van der Waals surface area contributed by atoms with E-state index in [1.54, 1.807) is 6.20 Å². The Morgan fingerprint density at radius 2 is 2.36 bits per heavy atom. The Hall–Kier alpha value is -1.25. The maximum Gasteiger partial charge on any atom is 0.157 e. The van der Waals surface area contributed by atoms with Crippen molar-refractivity contribution in [1.29, 1.82) is 0 Å². The Morgan fingerprint density at radius 3 is 3.00 bits per heavy atom. The molecule has 78 valence electrons. The molecule has 0 saturated heterocycles. The van der Waals surface area contributed by atoms with Crippen molar-refractivity contribution in [3.05, 3.63) is 24.0 Å². The number of aryl methyl sites for hydroxylation is 1. The fourth-order valence-corrected chi connectivity index (χ4v) is 1.08. The van der Waals surface area contributed by atoms with E-state index in [0.29, 0.717) is 6.61 Å². The highest BCUT2D eigenvalue weighted by Gasteiger charge is 1.96. The zero-order valence-electron chi connectivity index (χ0n) is 9.16. The predicted octanol–water partition coefficient (Wildman–Crippen LogP) is 2.64. The molecule has 0 aromatic carbocycles. The molecule has 0 saturated carbocycles. The summed E-state index contributed by atoms with van der Waals surface area (Å²) in [6.07, 6.45) is 6.84. The molecule has 0 aliphatic heterocycles. The molecule has 3 heteroatoms. The number of nitrogens with zero attached hydrogens (tertiary/aromatic N) is 2. The molecule has 0 bridgehead atoms. The minimum atomic E-state index is 0.625. The summed E-state index contributed by atoms with van der Waals surface area (Å²) in [6, 6.07) is 0. The smallest absolute Gasteiger partial charge is 0.157 e. The van der Waals surface area contributed by atoms with Gasteiger partial charge in [-0.2, -0.15) is 5.10 Å². The molecular formula is C11H18N2O. The molecule has 3 nitrogen and oxygen atoms in total. The van der Waals surface area contributed by atoms with Crippen LogP contribution < -0.4 is 4.74 Å². The molecular weight excluding hydrogens is 176 g/mol. The minimum Gasteiger partial charge on any atom is -0.486 e. The zero-order valence-corrected chi connectivity index (χ0v) is 9.16. The first-order valence-corrected chi connectivity index (χ1v) is 5.01. The van der Waals surface area contributed by atoms with Gasteiger partial charge in [0.2, 0.25) is 0 Å². The van der Waals surface area contributed by atoms with Crippen LogP contribution in [0, 0.1) is 0 Å². The lowest BCUT2D eigenvalue weighted by atomic mass is 10.3. The lowest BCUT2D eigenvalue weighted by molar-refractivity contribution is 0.361. The van der Waals surface area contributed by atoms with E-state index in [0.717, 1.165) is 18.7 Å². The summed E-state index contributed by atoms with van der Waals surface area (Å²) in [5.41, 5.74) is 1.27. The van der Waals surface area contributed by atoms with Crippen LogP contribution in [0.25, 0.3) is 0 Å². The molecule has 0 unspecified atom stereocenters. The molecule has 1 rings (SSSR count). The van der Waals surface area contributed by atoms with E-state index >= 15 is 0 Å². The fraction of sp³-hybridized carbons (Fsp3) is 0.545. The standard InChI is InChI=1S/C11H18N2O/c1-4-6-13-9-11(8-12-13)14-7-5-10(2)3/h5,8-9H,4,6-7H2,1-3H3. The van der Waals surface area contributed by atoms with Crippen LogP contribution in [0.15, 0.2) is 24.0 Å². The zero-order chi connectivity index (χ0) is 10.4. The van der Waals surface area contributed by atoms with Crippen molar-refractivity contribution >= 4 is 0 Å². The van der Waals surface area contributed by atoms with Gasteiger partial charge in [-0.05, 0) is 26.3 Å². The first-order chi connectivity index (χ1) is 6.72. The van der Waals surface area contributed by atoms with Gasteiger partial charge in [-0.3, -0.25) is 4.68 Å². The number of hydrogen-bond acceptors (Lipinski definition) is 2. The van der Waals surface area contributed by atoms with Crippen LogP contribution in [-0.2, 0) is 6.54 Å². The van der Waals surface area contributed by atoms with Crippen LogP contribution in [0.1, 0.15) is 27.2 Å². The largest absolute Gasteiger partial charge is 0.486 e. The second-order valence-corrected chi connectivity index (χ2v) is 3.53. The third-order valence-electron chi connectivity index (χ3n) is 1.80. The van der Waals surface area contributed by atoms with E-state index in [4.69, 9.17) is 4.74 Å². The lowest BCUT2D eigenvalue weighted by Crippen LogP contribution is -1.96. The van der Waals surface area contributed by atoms with Gasteiger partial charge in [0.25, 0.3) is 0 Å². The van der Waals surface area contributed by atoms with Gasteiger partial charge >= 0.3 is 0 Å². The highest BCUT2D eigenvalue weighted by molar-refractivity contribution is 5.12. The molecule has 1 aromatic heterocycles. The average molecular weight is 194 g/mol. The summed E-state index contributed by atoms with van der Waals surface area (Å²) in [6.45, 7) is 7.82. The molecule has 1 heterocycles. The SMILES string of the molecule is CCCn1cc(OCC=C(C)C)cn1. The van der Waals surface area contributed by atoms with Gasteiger partial charge in [0, 0.05) is 6.54 Å². The van der Waals surface area contributed by atoms with E-state index in [1.807, 2.05) is 10.9 Å². The quantitative estimate of drug-likeness (QED) is 0.674. The highest BCUT2D eigenvalue weighted by atomic mass is 16.5. The average Bonchev–Trinajstić information content (AvgIpc) is 2.53. The Morgan fingerprint density at radius 1 is 1.57 bits per heavy atom. The van der Waals surface area contributed by atoms with Crippen molar-refractivity contribution < 1.29 is 4.74 Å². The fourth-order valence-electron chi connectivity index (χ4n) is 1.08. The number of aromatic nitrogens is 2. The summed E-state index contributed by atoms with van der Waals surface area (Å²) in [4.78, 5) is 0. The van der Waals surface area contributed by atoms with E-state index in [2.05, 4.69) is 31.9 Å². The van der Waals surface area contributed by atoms with Crippen molar-refractivity contribution in [3.8, 4) is 5.75 Å². The molecule has 1 aromatic rings. The predicted molar refractivity (Wildman–Crippen MR) is 57.4 cm³/mol. The Labute approximate surface area is 85.4 Å². The third kappa shape index (κ3) is 3.64. The van der Waals surface area contributed by atoms with Crippen LogP contribution in [0.2, 0.25) is 0 Å².